The third-order valence-electron chi connectivity index (χ3n) is 3.57. The smallest absolute Gasteiger partial charge is 0.312 e. The Labute approximate surface area is 154 Å². The lowest BCUT2D eigenvalue weighted by Gasteiger charge is -2.08. The van der Waals surface area contributed by atoms with Gasteiger partial charge in [-0.15, -0.1) is 0 Å². The summed E-state index contributed by atoms with van der Waals surface area (Å²) in [4.78, 5) is 14.5. The Morgan fingerprint density at radius 3 is 2.44 bits per heavy atom. The first-order chi connectivity index (χ1) is 12.8. The lowest BCUT2D eigenvalue weighted by atomic mass is 10.2. The molecule has 3 aromatic rings. The van der Waals surface area contributed by atoms with Crippen molar-refractivity contribution in [2.45, 2.75) is 11.8 Å². The summed E-state index contributed by atoms with van der Waals surface area (Å²) < 4.78 is 36.2. The minimum Gasteiger partial charge on any atom is -0.450 e. The molecule has 0 bridgehead atoms. The molecule has 10 nitrogen and oxygen atoms in total. The van der Waals surface area contributed by atoms with E-state index in [0.29, 0.717) is 23.0 Å². The molecule has 1 N–H and O–H groups in total. The molecule has 0 aliphatic carbocycles. The molecule has 1 heterocycles. The lowest BCUT2D eigenvalue weighted by Crippen LogP contribution is -2.18. The van der Waals surface area contributed by atoms with E-state index >= 15 is 0 Å². The number of nitro groups is 1. The predicted molar refractivity (Wildman–Crippen MR) is 93.9 cm³/mol. The Morgan fingerprint density at radius 2 is 1.89 bits per heavy atom. The SMILES string of the molecule is CNS(=O)(=O)c1ccc(Oc2ccc(-c3noc(C)n3)cc2)c([N+](=O)[O-])c1. The fourth-order valence-electron chi connectivity index (χ4n) is 2.23. The predicted octanol–water partition coefficient (Wildman–Crippen LogP) is 2.65. The zero-order valence-corrected chi connectivity index (χ0v) is 15.1. The van der Waals surface area contributed by atoms with Gasteiger partial charge in [-0.1, -0.05) is 5.16 Å². The fourth-order valence-corrected chi connectivity index (χ4v) is 2.98. The molecule has 0 unspecified atom stereocenters. The minimum absolute atomic E-state index is 0.0850. The number of ether oxygens (including phenoxy) is 1. The van der Waals surface area contributed by atoms with Crippen LogP contribution in [0.3, 0.4) is 0 Å². The van der Waals surface area contributed by atoms with Crippen LogP contribution in [0.4, 0.5) is 5.69 Å². The van der Waals surface area contributed by atoms with Crippen LogP contribution < -0.4 is 9.46 Å². The van der Waals surface area contributed by atoms with Crippen molar-refractivity contribution in [2.75, 3.05) is 7.05 Å². The Balaban J connectivity index is 1.90. The van der Waals surface area contributed by atoms with Gasteiger partial charge < -0.3 is 9.26 Å². The normalized spacial score (nSPS) is 11.3. The van der Waals surface area contributed by atoms with Crippen LogP contribution in [0.5, 0.6) is 11.5 Å². The van der Waals surface area contributed by atoms with Gasteiger partial charge in [-0.05, 0) is 43.4 Å². The van der Waals surface area contributed by atoms with Gasteiger partial charge in [0.15, 0.2) is 0 Å². The highest BCUT2D eigenvalue weighted by Crippen LogP contribution is 2.34. The zero-order valence-electron chi connectivity index (χ0n) is 14.2. The fraction of sp³-hybridized carbons (Fsp3) is 0.125. The van der Waals surface area contributed by atoms with E-state index in [1.54, 1.807) is 31.2 Å². The van der Waals surface area contributed by atoms with E-state index in [9.17, 15) is 18.5 Å². The summed E-state index contributed by atoms with van der Waals surface area (Å²) in [5, 5.41) is 15.1. The van der Waals surface area contributed by atoms with Gasteiger partial charge in [0.05, 0.1) is 9.82 Å². The summed E-state index contributed by atoms with van der Waals surface area (Å²) in [5.41, 5.74) is 0.216. The molecule has 0 saturated heterocycles. The molecular weight excluding hydrogens is 376 g/mol. The van der Waals surface area contributed by atoms with Crippen LogP contribution >= 0.6 is 0 Å². The maximum atomic E-state index is 11.8. The average Bonchev–Trinajstić information content (AvgIpc) is 3.08. The number of nitrogens with zero attached hydrogens (tertiary/aromatic N) is 3. The largest absolute Gasteiger partial charge is 0.450 e. The van der Waals surface area contributed by atoms with E-state index < -0.39 is 20.6 Å². The number of rotatable bonds is 6. The van der Waals surface area contributed by atoms with Crippen molar-refractivity contribution in [1.82, 2.24) is 14.9 Å². The molecular formula is C16H14N4O6S. The van der Waals surface area contributed by atoms with Crippen molar-refractivity contribution in [3.05, 3.63) is 58.5 Å². The van der Waals surface area contributed by atoms with E-state index in [2.05, 4.69) is 14.9 Å². The second-order valence-corrected chi connectivity index (χ2v) is 7.24. The minimum atomic E-state index is -3.81. The van der Waals surface area contributed by atoms with Crippen LogP contribution in [0, 0.1) is 17.0 Å². The number of nitro benzene ring substituents is 1. The second kappa shape index (κ2) is 7.13. The summed E-state index contributed by atoms with van der Waals surface area (Å²) in [6.07, 6.45) is 0. The highest BCUT2D eigenvalue weighted by atomic mass is 32.2. The number of benzene rings is 2. The van der Waals surface area contributed by atoms with Gasteiger partial charge in [0.2, 0.25) is 27.5 Å². The number of hydrogen-bond acceptors (Lipinski definition) is 8. The highest BCUT2D eigenvalue weighted by molar-refractivity contribution is 7.89. The van der Waals surface area contributed by atoms with E-state index in [1.807, 2.05) is 0 Å². The molecule has 1 aromatic heterocycles. The van der Waals surface area contributed by atoms with Gasteiger partial charge in [-0.2, -0.15) is 4.98 Å². The van der Waals surface area contributed by atoms with Gasteiger partial charge in [-0.25, -0.2) is 13.1 Å². The Bertz CT molecular complexity index is 1090. The second-order valence-electron chi connectivity index (χ2n) is 5.36. The van der Waals surface area contributed by atoms with Crippen molar-refractivity contribution >= 4 is 15.7 Å². The first-order valence-corrected chi connectivity index (χ1v) is 9.09. The maximum absolute atomic E-state index is 11.8. The quantitative estimate of drug-likeness (QED) is 0.501. The molecule has 0 spiro atoms. The average molecular weight is 390 g/mol. The van der Waals surface area contributed by atoms with E-state index in [4.69, 9.17) is 9.26 Å². The van der Waals surface area contributed by atoms with Crippen molar-refractivity contribution < 1.29 is 22.6 Å². The first kappa shape index (κ1) is 18.5. The van der Waals surface area contributed by atoms with Crippen molar-refractivity contribution in [1.29, 1.82) is 0 Å². The standard InChI is InChI=1S/C16H14N4O6S/c1-10-18-16(19-26-10)11-3-5-12(6-4-11)25-15-8-7-13(27(23,24)17-2)9-14(15)20(21)22/h3-9,17H,1-2H3. The molecule has 0 aliphatic heterocycles. The van der Waals surface area contributed by atoms with E-state index in [-0.39, 0.29) is 10.6 Å². The van der Waals surface area contributed by atoms with E-state index in [0.717, 1.165) is 6.07 Å². The van der Waals surface area contributed by atoms with Gasteiger partial charge in [0, 0.05) is 18.6 Å². The topological polar surface area (TPSA) is 137 Å². The van der Waals surface area contributed by atoms with Crippen LogP contribution in [-0.4, -0.2) is 30.5 Å². The molecule has 11 heteroatoms. The summed E-state index contributed by atoms with van der Waals surface area (Å²) in [5.74, 6) is 1.08. The van der Waals surface area contributed by atoms with Gasteiger partial charge >= 0.3 is 5.69 Å². The molecule has 27 heavy (non-hydrogen) atoms. The molecule has 140 valence electrons. The van der Waals surface area contributed by atoms with Crippen molar-refractivity contribution in [3.63, 3.8) is 0 Å². The van der Waals surface area contributed by atoms with Crippen LogP contribution in [0.25, 0.3) is 11.4 Å². The Morgan fingerprint density at radius 1 is 1.19 bits per heavy atom. The molecule has 0 fully saturated rings. The maximum Gasteiger partial charge on any atom is 0.312 e. The first-order valence-electron chi connectivity index (χ1n) is 7.61. The molecule has 0 atom stereocenters. The summed E-state index contributed by atoms with van der Waals surface area (Å²) in [6.45, 7) is 1.67. The number of nitrogens with one attached hydrogen (secondary N) is 1. The third kappa shape index (κ3) is 3.93. The number of aryl methyl sites for hydroxylation is 1. The highest BCUT2D eigenvalue weighted by Gasteiger charge is 2.22. The molecule has 0 amide bonds. The number of aromatic nitrogens is 2. The van der Waals surface area contributed by atoms with Gasteiger partial charge in [0.25, 0.3) is 0 Å². The van der Waals surface area contributed by atoms with Crippen LogP contribution in [0.1, 0.15) is 5.89 Å². The van der Waals surface area contributed by atoms with Gasteiger partial charge in [0.1, 0.15) is 5.75 Å². The van der Waals surface area contributed by atoms with Crippen LogP contribution in [0.2, 0.25) is 0 Å². The third-order valence-corrected chi connectivity index (χ3v) is 4.99. The Kier molecular flexibility index (Phi) is 4.88. The number of hydrogen-bond donors (Lipinski definition) is 1. The van der Waals surface area contributed by atoms with Crippen molar-refractivity contribution in [3.8, 4) is 22.9 Å². The zero-order chi connectivity index (χ0) is 19.6. The molecule has 3 rings (SSSR count). The molecule has 2 aromatic carbocycles. The van der Waals surface area contributed by atoms with Crippen LogP contribution in [0.15, 0.2) is 51.9 Å². The Hall–Kier alpha value is -3.31. The van der Waals surface area contributed by atoms with Gasteiger partial charge in [-0.3, -0.25) is 10.1 Å². The van der Waals surface area contributed by atoms with Crippen LogP contribution in [-0.2, 0) is 10.0 Å². The molecule has 0 aliphatic rings. The van der Waals surface area contributed by atoms with Crippen molar-refractivity contribution in [2.24, 2.45) is 0 Å². The summed E-state index contributed by atoms with van der Waals surface area (Å²) in [7, 11) is -2.59. The number of sulfonamides is 1. The lowest BCUT2D eigenvalue weighted by molar-refractivity contribution is -0.385. The molecule has 0 radical (unpaired) electrons. The summed E-state index contributed by atoms with van der Waals surface area (Å²) >= 11 is 0. The van der Waals surface area contributed by atoms with E-state index in [1.165, 1.54) is 19.2 Å². The molecule has 0 saturated carbocycles. The monoisotopic (exact) mass is 390 g/mol. The summed E-state index contributed by atoms with van der Waals surface area (Å²) in [6, 6.07) is 9.92.